The van der Waals surface area contributed by atoms with E-state index in [2.05, 4.69) is 15.5 Å². The summed E-state index contributed by atoms with van der Waals surface area (Å²) in [6.45, 7) is 5.66. The Bertz CT molecular complexity index is 275. The quantitative estimate of drug-likeness (QED) is 0.629. The molecule has 1 saturated heterocycles. The largest absolute Gasteiger partial charge is 0.347 e. The van der Waals surface area contributed by atoms with Gasteiger partial charge in [0.25, 0.3) is 0 Å². The molecule has 0 bridgehead atoms. The van der Waals surface area contributed by atoms with Crippen molar-refractivity contribution >= 4 is 11.8 Å². The van der Waals surface area contributed by atoms with Crippen molar-refractivity contribution in [2.24, 2.45) is 0 Å². The molecule has 98 valence electrons. The maximum Gasteiger partial charge on any atom is 0.244 e. The number of nitrogens with one attached hydrogen (secondary N) is 2. The number of hydrogen-bond acceptors (Lipinski definition) is 4. The Morgan fingerprint density at radius 2 is 1.94 bits per heavy atom. The zero-order valence-corrected chi connectivity index (χ0v) is 10.8. The first-order chi connectivity index (χ1) is 8.00. The van der Waals surface area contributed by atoms with Crippen molar-refractivity contribution < 1.29 is 9.59 Å². The highest BCUT2D eigenvalue weighted by molar-refractivity contribution is 5.87. The lowest BCUT2D eigenvalue weighted by Gasteiger charge is -2.27. The summed E-state index contributed by atoms with van der Waals surface area (Å²) in [7, 11) is 3.36. The average molecular weight is 242 g/mol. The Balaban J connectivity index is 2.30. The van der Waals surface area contributed by atoms with E-state index in [-0.39, 0.29) is 11.8 Å². The predicted octanol–water partition coefficient (Wildman–Crippen LogP) is -1.52. The third-order valence-electron chi connectivity index (χ3n) is 2.77. The second kappa shape index (κ2) is 6.56. The van der Waals surface area contributed by atoms with Crippen LogP contribution in [-0.2, 0) is 9.59 Å². The van der Waals surface area contributed by atoms with E-state index in [1.54, 1.807) is 21.0 Å². The van der Waals surface area contributed by atoms with Gasteiger partial charge < -0.3 is 15.5 Å². The number of hydrogen-bond donors (Lipinski definition) is 2. The number of carbonyl (C=O) groups is 2. The van der Waals surface area contributed by atoms with Crippen molar-refractivity contribution in [1.82, 2.24) is 20.4 Å². The van der Waals surface area contributed by atoms with Gasteiger partial charge in [-0.3, -0.25) is 14.5 Å². The predicted molar refractivity (Wildman–Crippen MR) is 65.6 cm³/mol. The highest BCUT2D eigenvalue weighted by Gasteiger charge is 2.19. The minimum Gasteiger partial charge on any atom is -0.347 e. The number of likely N-dealkylation sites (N-methyl/N-ethyl adjacent to an activating group) is 1. The molecule has 1 heterocycles. The Morgan fingerprint density at radius 3 is 2.47 bits per heavy atom. The van der Waals surface area contributed by atoms with Crippen molar-refractivity contribution in [3.8, 4) is 0 Å². The fourth-order valence-corrected chi connectivity index (χ4v) is 1.81. The van der Waals surface area contributed by atoms with Crippen LogP contribution in [0.3, 0.4) is 0 Å². The normalized spacial score (nSPS) is 18.5. The Hall–Kier alpha value is -1.14. The highest BCUT2D eigenvalue weighted by Crippen LogP contribution is 1.93. The van der Waals surface area contributed by atoms with Crippen LogP contribution in [-0.4, -0.2) is 74.5 Å². The van der Waals surface area contributed by atoms with Crippen LogP contribution in [0, 0.1) is 0 Å². The molecule has 0 aromatic heterocycles. The monoisotopic (exact) mass is 242 g/mol. The molecule has 2 amide bonds. The van der Waals surface area contributed by atoms with Crippen molar-refractivity contribution in [3.05, 3.63) is 0 Å². The Kier molecular flexibility index (Phi) is 5.37. The molecular weight excluding hydrogens is 220 g/mol. The van der Waals surface area contributed by atoms with E-state index in [4.69, 9.17) is 0 Å². The summed E-state index contributed by atoms with van der Waals surface area (Å²) >= 11 is 0. The van der Waals surface area contributed by atoms with E-state index in [0.717, 1.165) is 26.2 Å². The molecule has 17 heavy (non-hydrogen) atoms. The summed E-state index contributed by atoms with van der Waals surface area (Å²) in [6, 6.07) is -0.458. The minimum absolute atomic E-state index is 0.0846. The number of amides is 2. The molecule has 1 unspecified atom stereocenters. The van der Waals surface area contributed by atoms with Crippen LogP contribution in [0.4, 0.5) is 0 Å². The van der Waals surface area contributed by atoms with Gasteiger partial charge in [-0.2, -0.15) is 0 Å². The van der Waals surface area contributed by atoms with E-state index in [1.165, 1.54) is 4.90 Å². The van der Waals surface area contributed by atoms with Crippen molar-refractivity contribution in [2.75, 3.05) is 46.8 Å². The lowest BCUT2D eigenvalue weighted by Crippen LogP contribution is -2.51. The molecule has 0 aromatic rings. The average Bonchev–Trinajstić information content (AvgIpc) is 2.28. The minimum atomic E-state index is -0.458. The molecule has 0 aromatic carbocycles. The summed E-state index contributed by atoms with van der Waals surface area (Å²) in [5.74, 6) is -0.173. The summed E-state index contributed by atoms with van der Waals surface area (Å²) in [6.07, 6.45) is 0. The lowest BCUT2D eigenvalue weighted by atomic mass is 10.3. The van der Waals surface area contributed by atoms with Crippen LogP contribution in [0.2, 0.25) is 0 Å². The maximum atomic E-state index is 11.7. The van der Waals surface area contributed by atoms with Crippen molar-refractivity contribution in [3.63, 3.8) is 0 Å². The van der Waals surface area contributed by atoms with Gasteiger partial charge in [0, 0.05) is 40.3 Å². The fourth-order valence-electron chi connectivity index (χ4n) is 1.81. The van der Waals surface area contributed by atoms with Gasteiger partial charge >= 0.3 is 0 Å². The molecular formula is C11H22N4O2. The number of carbonyl (C=O) groups excluding carboxylic acids is 2. The SMILES string of the molecule is CC(NC(=O)CN1CCNCC1)C(=O)N(C)C. The topological polar surface area (TPSA) is 64.7 Å². The molecule has 2 N–H and O–H groups in total. The van der Waals surface area contributed by atoms with Crippen LogP contribution in [0.15, 0.2) is 0 Å². The molecule has 0 spiro atoms. The first kappa shape index (κ1) is 13.9. The zero-order valence-electron chi connectivity index (χ0n) is 10.8. The van der Waals surface area contributed by atoms with Gasteiger partial charge in [0.2, 0.25) is 11.8 Å². The molecule has 6 nitrogen and oxygen atoms in total. The summed E-state index contributed by atoms with van der Waals surface area (Å²) in [5, 5.41) is 5.94. The highest BCUT2D eigenvalue weighted by atomic mass is 16.2. The van der Waals surface area contributed by atoms with Gasteiger partial charge in [0.1, 0.15) is 6.04 Å². The van der Waals surface area contributed by atoms with Gasteiger partial charge in [0.05, 0.1) is 6.54 Å². The van der Waals surface area contributed by atoms with E-state index < -0.39 is 6.04 Å². The van der Waals surface area contributed by atoms with E-state index in [1.807, 2.05) is 0 Å². The molecule has 0 aliphatic carbocycles. The van der Waals surface area contributed by atoms with Gasteiger partial charge in [-0.1, -0.05) is 0 Å². The van der Waals surface area contributed by atoms with Crippen LogP contribution < -0.4 is 10.6 Å². The molecule has 6 heteroatoms. The fraction of sp³-hybridized carbons (Fsp3) is 0.818. The second-order valence-electron chi connectivity index (χ2n) is 4.55. The molecule has 0 saturated carbocycles. The van der Waals surface area contributed by atoms with Gasteiger partial charge in [0.15, 0.2) is 0 Å². The number of piperazine rings is 1. The van der Waals surface area contributed by atoms with Crippen LogP contribution in [0.25, 0.3) is 0 Å². The molecule has 1 fully saturated rings. The smallest absolute Gasteiger partial charge is 0.244 e. The van der Waals surface area contributed by atoms with E-state index in [9.17, 15) is 9.59 Å². The van der Waals surface area contributed by atoms with Crippen LogP contribution >= 0.6 is 0 Å². The Labute approximate surface area is 102 Å². The van der Waals surface area contributed by atoms with E-state index >= 15 is 0 Å². The lowest BCUT2D eigenvalue weighted by molar-refractivity contribution is -0.134. The molecule has 1 atom stereocenters. The van der Waals surface area contributed by atoms with Crippen molar-refractivity contribution in [1.29, 1.82) is 0 Å². The molecule has 0 radical (unpaired) electrons. The second-order valence-corrected chi connectivity index (χ2v) is 4.55. The van der Waals surface area contributed by atoms with Gasteiger partial charge in [-0.05, 0) is 6.92 Å². The third kappa shape index (κ3) is 4.70. The van der Waals surface area contributed by atoms with E-state index in [0.29, 0.717) is 6.54 Å². The summed E-state index contributed by atoms with van der Waals surface area (Å²) < 4.78 is 0. The number of nitrogens with zero attached hydrogens (tertiary/aromatic N) is 2. The zero-order chi connectivity index (χ0) is 12.8. The molecule has 1 aliphatic rings. The summed E-state index contributed by atoms with van der Waals surface area (Å²) in [5.41, 5.74) is 0. The molecule has 1 rings (SSSR count). The third-order valence-corrected chi connectivity index (χ3v) is 2.77. The van der Waals surface area contributed by atoms with Gasteiger partial charge in [-0.15, -0.1) is 0 Å². The molecule has 1 aliphatic heterocycles. The van der Waals surface area contributed by atoms with Crippen molar-refractivity contribution in [2.45, 2.75) is 13.0 Å². The maximum absolute atomic E-state index is 11.7. The van der Waals surface area contributed by atoms with Crippen LogP contribution in [0.1, 0.15) is 6.92 Å². The van der Waals surface area contributed by atoms with Crippen LogP contribution in [0.5, 0.6) is 0 Å². The summed E-state index contributed by atoms with van der Waals surface area (Å²) in [4.78, 5) is 26.8. The first-order valence-electron chi connectivity index (χ1n) is 5.94. The Morgan fingerprint density at radius 1 is 1.35 bits per heavy atom. The van der Waals surface area contributed by atoms with Gasteiger partial charge in [-0.25, -0.2) is 0 Å². The standard InChI is InChI=1S/C11H22N4O2/c1-9(11(17)14(2)3)13-10(16)8-15-6-4-12-5-7-15/h9,12H,4-8H2,1-3H3,(H,13,16). The number of rotatable bonds is 4. The first-order valence-corrected chi connectivity index (χ1v) is 5.94.